The smallest absolute Gasteiger partial charge is 0.353 e. The Morgan fingerprint density at radius 1 is 1.03 bits per heavy atom. The molecule has 1 amide bonds. The summed E-state index contributed by atoms with van der Waals surface area (Å²) in [5, 5.41) is 5.73. The summed E-state index contributed by atoms with van der Waals surface area (Å²) in [4.78, 5) is 24.3. The Labute approximate surface area is 172 Å². The van der Waals surface area contributed by atoms with Gasteiger partial charge < -0.3 is 9.47 Å². The maximum atomic E-state index is 11.9. The van der Waals surface area contributed by atoms with E-state index < -0.39 is 5.97 Å². The molecule has 0 bridgehead atoms. The lowest BCUT2D eigenvalue weighted by atomic mass is 10.1. The Morgan fingerprint density at radius 3 is 2.41 bits per heavy atom. The zero-order valence-electron chi connectivity index (χ0n) is 16.0. The number of amides is 1. The summed E-state index contributed by atoms with van der Waals surface area (Å²) in [7, 11) is 0. The molecule has 0 aliphatic rings. The van der Waals surface area contributed by atoms with E-state index in [4.69, 9.17) is 9.47 Å². The first-order chi connectivity index (χ1) is 14.0. The molecule has 0 spiro atoms. The van der Waals surface area contributed by atoms with Crippen molar-refractivity contribution in [3.63, 3.8) is 0 Å². The first kappa shape index (κ1) is 20.3. The van der Waals surface area contributed by atoms with Gasteiger partial charge in [0, 0.05) is 0 Å². The predicted molar refractivity (Wildman–Crippen MR) is 113 cm³/mol. The van der Waals surface area contributed by atoms with Crippen LogP contribution in [0.3, 0.4) is 0 Å². The average Bonchev–Trinajstić information content (AvgIpc) is 3.22. The van der Waals surface area contributed by atoms with Crippen LogP contribution >= 0.6 is 11.3 Å². The molecule has 0 aliphatic carbocycles. The topological polar surface area (TPSA) is 77.0 Å². The number of nitrogens with one attached hydrogen (secondary N) is 1. The van der Waals surface area contributed by atoms with Crippen molar-refractivity contribution in [2.24, 2.45) is 5.10 Å². The molecule has 1 N–H and O–H groups in total. The number of carbonyl (C=O) groups is 2. The number of rotatable bonds is 7. The summed E-state index contributed by atoms with van der Waals surface area (Å²) in [6.07, 6.45) is 1.50. The van der Waals surface area contributed by atoms with Crippen LogP contribution in [0.15, 0.2) is 65.1 Å². The maximum Gasteiger partial charge on any atom is 0.353 e. The normalized spacial score (nSPS) is 10.7. The summed E-state index contributed by atoms with van der Waals surface area (Å²) in [6, 6.07) is 16.1. The highest BCUT2D eigenvalue weighted by Crippen LogP contribution is 2.17. The summed E-state index contributed by atoms with van der Waals surface area (Å²) in [6.45, 7) is 3.81. The third-order valence-electron chi connectivity index (χ3n) is 3.78. The third kappa shape index (κ3) is 6.29. The standard InChI is InChI=1S/C22H20N2O4S/c1-15-10-16(2)12-19(11-15)27-14-21(25)24-23-13-17-5-7-18(8-6-17)28-22(26)20-4-3-9-29-20/h3-13H,14H2,1-2H3,(H,24,25)/b23-13-. The molecule has 2 aromatic carbocycles. The fourth-order valence-corrected chi connectivity index (χ4v) is 3.15. The number of nitrogens with zero attached hydrogens (tertiary/aromatic N) is 1. The summed E-state index contributed by atoms with van der Waals surface area (Å²) in [5.41, 5.74) is 5.31. The van der Waals surface area contributed by atoms with Crippen LogP contribution in [-0.2, 0) is 4.79 Å². The van der Waals surface area contributed by atoms with E-state index in [9.17, 15) is 9.59 Å². The van der Waals surface area contributed by atoms with Gasteiger partial charge in [-0.15, -0.1) is 11.3 Å². The molecule has 0 unspecified atom stereocenters. The predicted octanol–water partition coefficient (Wildman–Crippen LogP) is 4.11. The van der Waals surface area contributed by atoms with Crippen LogP contribution in [0.1, 0.15) is 26.4 Å². The molecule has 6 nitrogen and oxygen atoms in total. The summed E-state index contributed by atoms with van der Waals surface area (Å²) < 4.78 is 10.8. The molecule has 29 heavy (non-hydrogen) atoms. The Morgan fingerprint density at radius 2 is 1.76 bits per heavy atom. The van der Waals surface area contributed by atoms with Crippen LogP contribution in [0, 0.1) is 13.8 Å². The number of hydrogen-bond donors (Lipinski definition) is 1. The molecule has 3 rings (SSSR count). The molecule has 0 saturated carbocycles. The van der Waals surface area contributed by atoms with Gasteiger partial charge in [0.05, 0.1) is 6.21 Å². The van der Waals surface area contributed by atoms with Crippen molar-refractivity contribution in [3.05, 3.63) is 81.5 Å². The van der Waals surface area contributed by atoms with Crippen LogP contribution in [0.25, 0.3) is 0 Å². The molecule has 0 radical (unpaired) electrons. The van der Waals surface area contributed by atoms with E-state index >= 15 is 0 Å². The van der Waals surface area contributed by atoms with Gasteiger partial charge in [-0.3, -0.25) is 4.79 Å². The van der Waals surface area contributed by atoms with Crippen molar-refractivity contribution < 1.29 is 19.1 Å². The first-order valence-electron chi connectivity index (χ1n) is 8.88. The van der Waals surface area contributed by atoms with Crippen molar-refractivity contribution in [1.82, 2.24) is 5.43 Å². The lowest BCUT2D eigenvalue weighted by molar-refractivity contribution is -0.123. The number of hydrazone groups is 1. The van der Waals surface area contributed by atoms with E-state index in [1.807, 2.05) is 37.4 Å². The van der Waals surface area contributed by atoms with Gasteiger partial charge in [-0.2, -0.15) is 5.10 Å². The number of hydrogen-bond acceptors (Lipinski definition) is 6. The molecule has 148 valence electrons. The number of thiophene rings is 1. The molecule has 0 fully saturated rings. The highest BCUT2D eigenvalue weighted by atomic mass is 32.1. The summed E-state index contributed by atoms with van der Waals surface area (Å²) >= 11 is 1.32. The number of aryl methyl sites for hydroxylation is 2. The van der Waals surface area contributed by atoms with Crippen LogP contribution in [-0.4, -0.2) is 24.7 Å². The van der Waals surface area contributed by atoms with E-state index in [0.29, 0.717) is 16.4 Å². The minimum absolute atomic E-state index is 0.127. The zero-order valence-corrected chi connectivity index (χ0v) is 16.9. The highest BCUT2D eigenvalue weighted by Gasteiger charge is 2.09. The second-order valence-corrected chi connectivity index (χ2v) is 7.29. The Bertz CT molecular complexity index is 992. The quantitative estimate of drug-likeness (QED) is 0.276. The maximum absolute atomic E-state index is 11.9. The summed E-state index contributed by atoms with van der Waals surface area (Å²) in [5.74, 6) is 0.333. The lowest BCUT2D eigenvalue weighted by Gasteiger charge is -2.07. The molecule has 7 heteroatoms. The average molecular weight is 408 g/mol. The number of ether oxygens (including phenoxy) is 2. The van der Waals surface area contributed by atoms with Gasteiger partial charge in [-0.25, -0.2) is 10.2 Å². The van der Waals surface area contributed by atoms with Gasteiger partial charge in [-0.1, -0.05) is 12.1 Å². The van der Waals surface area contributed by atoms with E-state index in [2.05, 4.69) is 10.5 Å². The highest BCUT2D eigenvalue weighted by molar-refractivity contribution is 7.12. The van der Waals surface area contributed by atoms with Gasteiger partial charge in [0.25, 0.3) is 5.91 Å². The van der Waals surface area contributed by atoms with Crippen LogP contribution in [0.2, 0.25) is 0 Å². The Kier molecular flexibility index (Phi) is 6.76. The van der Waals surface area contributed by atoms with E-state index in [-0.39, 0.29) is 12.5 Å². The van der Waals surface area contributed by atoms with Crippen LogP contribution in [0.5, 0.6) is 11.5 Å². The Balaban J connectivity index is 1.46. The van der Waals surface area contributed by atoms with Crippen molar-refractivity contribution in [2.75, 3.05) is 6.61 Å². The number of esters is 1. The number of benzene rings is 2. The molecule has 0 aliphatic heterocycles. The minimum atomic E-state index is -0.391. The molecular weight excluding hydrogens is 388 g/mol. The molecular formula is C22H20N2O4S. The second kappa shape index (κ2) is 9.66. The van der Waals surface area contributed by atoms with Crippen molar-refractivity contribution in [3.8, 4) is 11.5 Å². The van der Waals surface area contributed by atoms with Gasteiger partial charge >= 0.3 is 5.97 Å². The molecule has 1 heterocycles. The first-order valence-corrected chi connectivity index (χ1v) is 9.76. The molecule has 3 aromatic rings. The SMILES string of the molecule is Cc1cc(C)cc(OCC(=O)N/N=C\c2ccc(OC(=O)c3cccs3)cc2)c1. The van der Waals surface area contributed by atoms with Gasteiger partial charge in [0.15, 0.2) is 6.61 Å². The van der Waals surface area contributed by atoms with Crippen LogP contribution in [0.4, 0.5) is 0 Å². The van der Waals surface area contributed by atoms with E-state index in [0.717, 1.165) is 16.7 Å². The van der Waals surface area contributed by atoms with E-state index in [1.165, 1.54) is 17.6 Å². The molecule has 0 atom stereocenters. The van der Waals surface area contributed by atoms with Crippen molar-refractivity contribution >= 4 is 29.4 Å². The molecule has 1 aromatic heterocycles. The van der Waals surface area contributed by atoms with Crippen molar-refractivity contribution in [1.29, 1.82) is 0 Å². The van der Waals surface area contributed by atoms with Gasteiger partial charge in [0.2, 0.25) is 0 Å². The third-order valence-corrected chi connectivity index (χ3v) is 4.63. The number of carbonyl (C=O) groups excluding carboxylic acids is 2. The molecule has 0 saturated heterocycles. The zero-order chi connectivity index (χ0) is 20.6. The lowest BCUT2D eigenvalue weighted by Crippen LogP contribution is -2.24. The van der Waals surface area contributed by atoms with Crippen LogP contribution < -0.4 is 14.9 Å². The minimum Gasteiger partial charge on any atom is -0.484 e. The Hall–Kier alpha value is -3.45. The second-order valence-electron chi connectivity index (χ2n) is 6.34. The monoisotopic (exact) mass is 408 g/mol. The van der Waals surface area contributed by atoms with E-state index in [1.54, 1.807) is 36.4 Å². The fraction of sp³-hybridized carbons (Fsp3) is 0.136. The largest absolute Gasteiger partial charge is 0.484 e. The fourth-order valence-electron chi connectivity index (χ4n) is 2.55. The van der Waals surface area contributed by atoms with Gasteiger partial charge in [-0.05, 0) is 78.4 Å². The van der Waals surface area contributed by atoms with Gasteiger partial charge in [0.1, 0.15) is 16.4 Å². The van der Waals surface area contributed by atoms with Crippen molar-refractivity contribution in [2.45, 2.75) is 13.8 Å².